The van der Waals surface area contributed by atoms with Gasteiger partial charge in [0.1, 0.15) is 11.6 Å². The van der Waals surface area contributed by atoms with Crippen molar-refractivity contribution in [1.29, 1.82) is 0 Å². The van der Waals surface area contributed by atoms with E-state index in [-0.39, 0.29) is 12.1 Å². The van der Waals surface area contributed by atoms with E-state index in [1.54, 1.807) is 0 Å². The summed E-state index contributed by atoms with van der Waals surface area (Å²) in [6, 6.07) is 8.80. The van der Waals surface area contributed by atoms with Crippen molar-refractivity contribution >= 4 is 0 Å². The van der Waals surface area contributed by atoms with E-state index in [1.807, 2.05) is 25.1 Å². The van der Waals surface area contributed by atoms with Crippen LogP contribution in [0.15, 0.2) is 36.4 Å². The van der Waals surface area contributed by atoms with E-state index in [9.17, 15) is 13.9 Å². The molecule has 1 atom stereocenters. The predicted octanol–water partition coefficient (Wildman–Crippen LogP) is 2.49. The number of aliphatic hydroxyl groups excluding tert-OH is 1. The van der Waals surface area contributed by atoms with Gasteiger partial charge in [0.15, 0.2) is 0 Å². The average molecular weight is 278 g/mol. The van der Waals surface area contributed by atoms with Gasteiger partial charge in [0.25, 0.3) is 0 Å². The predicted molar refractivity (Wildman–Crippen MR) is 72.0 cm³/mol. The van der Waals surface area contributed by atoms with Gasteiger partial charge in [-0.05, 0) is 25.1 Å². The third kappa shape index (κ3) is 3.82. The zero-order chi connectivity index (χ0) is 14.5. The monoisotopic (exact) mass is 278 g/mol. The van der Waals surface area contributed by atoms with Gasteiger partial charge in [-0.3, -0.25) is 4.98 Å². The van der Waals surface area contributed by atoms with E-state index < -0.39 is 17.7 Å². The lowest BCUT2D eigenvalue weighted by molar-refractivity contribution is 0.169. The van der Waals surface area contributed by atoms with Crippen LogP contribution in [0, 0.1) is 18.6 Å². The van der Waals surface area contributed by atoms with E-state index in [0.717, 1.165) is 23.5 Å². The summed E-state index contributed by atoms with van der Waals surface area (Å²) >= 11 is 0. The van der Waals surface area contributed by atoms with Crippen LogP contribution in [0.2, 0.25) is 0 Å². The summed E-state index contributed by atoms with van der Waals surface area (Å²) in [5, 5.41) is 12.9. The maximum Gasteiger partial charge on any atom is 0.131 e. The summed E-state index contributed by atoms with van der Waals surface area (Å²) in [6.07, 6.45) is -1.03. The van der Waals surface area contributed by atoms with Crippen LogP contribution in [0.1, 0.15) is 23.1 Å². The first-order chi connectivity index (χ1) is 9.56. The topological polar surface area (TPSA) is 45.1 Å². The third-order valence-electron chi connectivity index (χ3n) is 2.91. The number of hydrogen-bond donors (Lipinski definition) is 2. The highest BCUT2D eigenvalue weighted by Crippen LogP contribution is 2.17. The Labute approximate surface area is 116 Å². The van der Waals surface area contributed by atoms with E-state index in [0.29, 0.717) is 6.54 Å². The van der Waals surface area contributed by atoms with Gasteiger partial charge < -0.3 is 10.4 Å². The molecule has 1 aromatic heterocycles. The van der Waals surface area contributed by atoms with Crippen LogP contribution in [0.3, 0.4) is 0 Å². The number of aliphatic hydroxyl groups is 1. The minimum Gasteiger partial charge on any atom is -0.387 e. The van der Waals surface area contributed by atoms with Crippen molar-refractivity contribution in [3.8, 4) is 0 Å². The largest absolute Gasteiger partial charge is 0.387 e. The molecule has 2 N–H and O–H groups in total. The molecule has 0 saturated heterocycles. The van der Waals surface area contributed by atoms with Crippen LogP contribution in [0.5, 0.6) is 0 Å². The molecule has 106 valence electrons. The van der Waals surface area contributed by atoms with Crippen molar-refractivity contribution in [3.63, 3.8) is 0 Å². The number of benzene rings is 1. The Hall–Kier alpha value is -1.85. The molecule has 0 aliphatic carbocycles. The number of rotatable bonds is 5. The molecular formula is C15H16F2N2O. The number of nitrogens with zero attached hydrogens (tertiary/aromatic N) is 1. The first-order valence-corrected chi connectivity index (χ1v) is 6.32. The molecule has 0 saturated carbocycles. The number of pyridine rings is 1. The molecule has 1 unspecified atom stereocenters. The highest BCUT2D eigenvalue weighted by molar-refractivity contribution is 5.21. The fraction of sp³-hybridized carbons (Fsp3) is 0.267. The van der Waals surface area contributed by atoms with Crippen LogP contribution < -0.4 is 5.32 Å². The summed E-state index contributed by atoms with van der Waals surface area (Å²) in [7, 11) is 0. The molecule has 0 radical (unpaired) electrons. The third-order valence-corrected chi connectivity index (χ3v) is 2.91. The molecule has 0 aliphatic heterocycles. The highest BCUT2D eigenvalue weighted by atomic mass is 19.1. The van der Waals surface area contributed by atoms with Crippen LogP contribution in [-0.4, -0.2) is 16.6 Å². The van der Waals surface area contributed by atoms with E-state index in [2.05, 4.69) is 10.3 Å². The standard InChI is InChI=1S/C15H16F2N2O/c1-10-3-2-4-12(19-10)8-18-9-15(20)13-6-5-11(16)7-14(13)17/h2-7,15,18,20H,8-9H2,1H3. The number of hydrogen-bond acceptors (Lipinski definition) is 3. The highest BCUT2D eigenvalue weighted by Gasteiger charge is 2.13. The Morgan fingerprint density at radius 2 is 2.05 bits per heavy atom. The van der Waals surface area contributed by atoms with Crippen molar-refractivity contribution < 1.29 is 13.9 Å². The second kappa shape index (κ2) is 6.54. The molecule has 2 aromatic rings. The van der Waals surface area contributed by atoms with Crippen molar-refractivity contribution in [2.24, 2.45) is 0 Å². The lowest BCUT2D eigenvalue weighted by Gasteiger charge is -2.13. The van der Waals surface area contributed by atoms with Gasteiger partial charge in [-0.2, -0.15) is 0 Å². The number of halogens is 2. The second-order valence-electron chi connectivity index (χ2n) is 4.58. The molecule has 0 fully saturated rings. The van der Waals surface area contributed by atoms with E-state index >= 15 is 0 Å². The zero-order valence-electron chi connectivity index (χ0n) is 11.1. The van der Waals surface area contributed by atoms with Gasteiger partial charge in [-0.1, -0.05) is 12.1 Å². The fourth-order valence-corrected chi connectivity index (χ4v) is 1.92. The van der Waals surface area contributed by atoms with Gasteiger partial charge in [-0.15, -0.1) is 0 Å². The Kier molecular flexibility index (Phi) is 4.76. The molecule has 0 spiro atoms. The molecule has 5 heteroatoms. The Morgan fingerprint density at radius 1 is 1.25 bits per heavy atom. The maximum absolute atomic E-state index is 13.5. The van der Waals surface area contributed by atoms with Gasteiger partial charge in [0.05, 0.1) is 11.8 Å². The van der Waals surface area contributed by atoms with E-state index in [1.165, 1.54) is 6.07 Å². The number of aromatic nitrogens is 1. The van der Waals surface area contributed by atoms with Crippen molar-refractivity contribution in [2.45, 2.75) is 19.6 Å². The molecule has 3 nitrogen and oxygen atoms in total. The van der Waals surface area contributed by atoms with Crippen molar-refractivity contribution in [1.82, 2.24) is 10.3 Å². The first kappa shape index (κ1) is 14.6. The van der Waals surface area contributed by atoms with Crippen LogP contribution in [0.25, 0.3) is 0 Å². The number of aryl methyl sites for hydroxylation is 1. The molecule has 0 bridgehead atoms. The van der Waals surface area contributed by atoms with Crippen LogP contribution in [-0.2, 0) is 6.54 Å². The summed E-state index contributed by atoms with van der Waals surface area (Å²) < 4.78 is 26.2. The zero-order valence-corrected chi connectivity index (χ0v) is 11.1. The summed E-state index contributed by atoms with van der Waals surface area (Å²) in [5.41, 5.74) is 1.84. The number of nitrogens with one attached hydrogen (secondary N) is 1. The summed E-state index contributed by atoms with van der Waals surface area (Å²) in [4.78, 5) is 4.30. The van der Waals surface area contributed by atoms with Crippen LogP contribution >= 0.6 is 0 Å². The van der Waals surface area contributed by atoms with Gasteiger partial charge in [-0.25, -0.2) is 8.78 Å². The quantitative estimate of drug-likeness (QED) is 0.883. The molecule has 0 amide bonds. The summed E-state index contributed by atoms with van der Waals surface area (Å²) in [5.74, 6) is -1.40. The van der Waals surface area contributed by atoms with Gasteiger partial charge >= 0.3 is 0 Å². The fourth-order valence-electron chi connectivity index (χ4n) is 1.92. The Bertz CT molecular complexity index is 590. The minimum absolute atomic E-state index is 0.0797. The second-order valence-corrected chi connectivity index (χ2v) is 4.58. The van der Waals surface area contributed by atoms with Gasteiger partial charge in [0.2, 0.25) is 0 Å². The van der Waals surface area contributed by atoms with E-state index in [4.69, 9.17) is 0 Å². The lowest BCUT2D eigenvalue weighted by Crippen LogP contribution is -2.22. The Balaban J connectivity index is 1.90. The van der Waals surface area contributed by atoms with Gasteiger partial charge in [0, 0.05) is 30.4 Å². The molecule has 2 rings (SSSR count). The SMILES string of the molecule is Cc1cccc(CNCC(O)c2ccc(F)cc2F)n1. The summed E-state index contributed by atoms with van der Waals surface area (Å²) in [6.45, 7) is 2.53. The van der Waals surface area contributed by atoms with Crippen molar-refractivity contribution in [3.05, 3.63) is 65.0 Å². The maximum atomic E-state index is 13.5. The molecule has 20 heavy (non-hydrogen) atoms. The minimum atomic E-state index is -1.03. The first-order valence-electron chi connectivity index (χ1n) is 6.32. The molecule has 1 heterocycles. The lowest BCUT2D eigenvalue weighted by atomic mass is 10.1. The molecule has 0 aliphatic rings. The average Bonchev–Trinajstić information content (AvgIpc) is 2.38. The molecule has 1 aromatic carbocycles. The Morgan fingerprint density at radius 3 is 2.75 bits per heavy atom. The van der Waals surface area contributed by atoms with Crippen LogP contribution in [0.4, 0.5) is 8.78 Å². The normalized spacial score (nSPS) is 12.4. The smallest absolute Gasteiger partial charge is 0.131 e. The molecular weight excluding hydrogens is 262 g/mol. The van der Waals surface area contributed by atoms with Crippen molar-refractivity contribution in [2.75, 3.05) is 6.54 Å².